The van der Waals surface area contributed by atoms with Crippen molar-refractivity contribution < 1.29 is 14.3 Å². The number of halogens is 1. The van der Waals surface area contributed by atoms with Crippen LogP contribution in [-0.2, 0) is 9.59 Å². The van der Waals surface area contributed by atoms with E-state index in [0.29, 0.717) is 16.5 Å². The second kappa shape index (κ2) is 5.09. The molecule has 1 aromatic carbocycles. The van der Waals surface area contributed by atoms with E-state index in [-0.39, 0.29) is 23.7 Å². The second-order valence-corrected chi connectivity index (χ2v) is 5.81. The van der Waals surface area contributed by atoms with E-state index in [4.69, 9.17) is 16.3 Å². The monoisotopic (exact) mass is 293 g/mol. The Kier molecular flexibility index (Phi) is 3.42. The Morgan fingerprint density at radius 1 is 1.15 bits per heavy atom. The average Bonchev–Trinajstić information content (AvgIpc) is 3.31. The number of imide groups is 1. The van der Waals surface area contributed by atoms with Crippen molar-refractivity contribution in [2.45, 2.75) is 25.7 Å². The summed E-state index contributed by atoms with van der Waals surface area (Å²) in [6.07, 6.45) is 3.43. The Hall–Kier alpha value is -1.55. The van der Waals surface area contributed by atoms with Crippen molar-refractivity contribution in [3.63, 3.8) is 0 Å². The zero-order valence-corrected chi connectivity index (χ0v) is 12.0. The molecule has 2 aliphatic carbocycles. The van der Waals surface area contributed by atoms with Crippen molar-refractivity contribution in [1.29, 1.82) is 0 Å². The fourth-order valence-electron chi connectivity index (χ4n) is 2.21. The predicted octanol–water partition coefficient (Wildman–Crippen LogP) is 3.03. The van der Waals surface area contributed by atoms with Crippen molar-refractivity contribution in [2.75, 3.05) is 12.0 Å². The first-order valence-electron chi connectivity index (χ1n) is 6.83. The van der Waals surface area contributed by atoms with E-state index in [0.717, 1.165) is 25.7 Å². The lowest BCUT2D eigenvalue weighted by molar-refractivity contribution is -0.127. The zero-order valence-electron chi connectivity index (χ0n) is 11.3. The van der Waals surface area contributed by atoms with Crippen LogP contribution >= 0.6 is 11.6 Å². The molecule has 2 fully saturated rings. The van der Waals surface area contributed by atoms with Crippen LogP contribution in [0, 0.1) is 11.8 Å². The van der Waals surface area contributed by atoms with Gasteiger partial charge in [-0.1, -0.05) is 11.6 Å². The van der Waals surface area contributed by atoms with Crippen molar-refractivity contribution in [2.24, 2.45) is 11.8 Å². The number of hydrogen-bond acceptors (Lipinski definition) is 3. The fourth-order valence-corrected chi connectivity index (χ4v) is 2.38. The second-order valence-electron chi connectivity index (χ2n) is 5.38. The highest BCUT2D eigenvalue weighted by Crippen LogP contribution is 2.40. The number of hydrogen-bond donors (Lipinski definition) is 0. The van der Waals surface area contributed by atoms with Gasteiger partial charge in [0.15, 0.2) is 0 Å². The van der Waals surface area contributed by atoms with Gasteiger partial charge in [-0.2, -0.15) is 0 Å². The first kappa shape index (κ1) is 13.4. The molecule has 106 valence electrons. The summed E-state index contributed by atoms with van der Waals surface area (Å²) in [5.74, 6) is 0.199. The molecule has 0 bridgehead atoms. The molecule has 2 aliphatic rings. The maximum atomic E-state index is 12.5. The Morgan fingerprint density at radius 3 is 2.15 bits per heavy atom. The number of amides is 2. The third-order valence-electron chi connectivity index (χ3n) is 3.68. The van der Waals surface area contributed by atoms with Crippen LogP contribution in [0.2, 0.25) is 5.02 Å². The van der Waals surface area contributed by atoms with Gasteiger partial charge >= 0.3 is 0 Å². The molecule has 0 N–H and O–H groups in total. The van der Waals surface area contributed by atoms with E-state index >= 15 is 0 Å². The summed E-state index contributed by atoms with van der Waals surface area (Å²) in [4.78, 5) is 26.2. The van der Waals surface area contributed by atoms with Crippen LogP contribution in [0.3, 0.4) is 0 Å². The van der Waals surface area contributed by atoms with E-state index in [1.54, 1.807) is 18.2 Å². The van der Waals surface area contributed by atoms with E-state index in [1.807, 2.05) is 0 Å². The van der Waals surface area contributed by atoms with Gasteiger partial charge < -0.3 is 4.74 Å². The first-order chi connectivity index (χ1) is 9.61. The summed E-state index contributed by atoms with van der Waals surface area (Å²) in [6.45, 7) is 0. The van der Waals surface area contributed by atoms with Crippen LogP contribution in [0.5, 0.6) is 5.75 Å². The van der Waals surface area contributed by atoms with E-state index in [1.165, 1.54) is 12.0 Å². The van der Waals surface area contributed by atoms with Crippen LogP contribution in [0.1, 0.15) is 25.7 Å². The summed E-state index contributed by atoms with van der Waals surface area (Å²) < 4.78 is 5.28. The van der Waals surface area contributed by atoms with Crippen molar-refractivity contribution in [3.8, 4) is 5.75 Å². The van der Waals surface area contributed by atoms with Gasteiger partial charge in [-0.05, 0) is 43.9 Å². The van der Waals surface area contributed by atoms with Gasteiger partial charge in [-0.25, -0.2) is 4.90 Å². The summed E-state index contributed by atoms with van der Waals surface area (Å²) in [7, 11) is 1.52. The molecule has 0 heterocycles. The van der Waals surface area contributed by atoms with E-state index in [2.05, 4.69) is 0 Å². The minimum Gasteiger partial charge on any atom is -0.495 e. The summed E-state index contributed by atoms with van der Waals surface area (Å²) in [5.41, 5.74) is 0.466. The number of nitrogens with zero attached hydrogens (tertiary/aromatic N) is 1. The van der Waals surface area contributed by atoms with Crippen molar-refractivity contribution in [1.82, 2.24) is 0 Å². The molecule has 5 heteroatoms. The zero-order chi connectivity index (χ0) is 14.3. The molecular weight excluding hydrogens is 278 g/mol. The SMILES string of the molecule is COc1ccc(Cl)cc1N(C(=O)C1CC1)C(=O)C1CC1. The molecule has 0 radical (unpaired) electrons. The van der Waals surface area contributed by atoms with E-state index < -0.39 is 0 Å². The van der Waals surface area contributed by atoms with E-state index in [9.17, 15) is 9.59 Å². The molecule has 0 saturated heterocycles. The number of methoxy groups -OCH3 is 1. The van der Waals surface area contributed by atoms with Gasteiger partial charge in [0.2, 0.25) is 11.8 Å². The molecular formula is C15H16ClNO3. The quantitative estimate of drug-likeness (QED) is 0.802. The molecule has 2 saturated carbocycles. The topological polar surface area (TPSA) is 46.6 Å². The van der Waals surface area contributed by atoms with Crippen LogP contribution in [0.15, 0.2) is 18.2 Å². The Labute approximate surface area is 122 Å². The lowest BCUT2D eigenvalue weighted by Gasteiger charge is -2.23. The van der Waals surface area contributed by atoms with Gasteiger partial charge in [0.25, 0.3) is 0 Å². The lowest BCUT2D eigenvalue weighted by atomic mass is 10.2. The molecule has 1 aromatic rings. The van der Waals surface area contributed by atoms with Gasteiger partial charge in [0.05, 0.1) is 12.8 Å². The highest BCUT2D eigenvalue weighted by Gasteiger charge is 2.42. The third kappa shape index (κ3) is 2.52. The Bertz CT molecular complexity index is 540. The van der Waals surface area contributed by atoms with Crippen LogP contribution in [0.25, 0.3) is 0 Å². The van der Waals surface area contributed by atoms with Crippen molar-refractivity contribution >= 4 is 29.1 Å². The number of carbonyl (C=O) groups is 2. The van der Waals surface area contributed by atoms with Gasteiger partial charge in [-0.15, -0.1) is 0 Å². The van der Waals surface area contributed by atoms with Gasteiger partial charge in [0, 0.05) is 16.9 Å². The average molecular weight is 294 g/mol. The molecule has 0 atom stereocenters. The number of benzene rings is 1. The minimum absolute atomic E-state index is 0.0265. The molecule has 4 nitrogen and oxygen atoms in total. The van der Waals surface area contributed by atoms with Crippen LogP contribution in [0.4, 0.5) is 5.69 Å². The normalized spacial score (nSPS) is 17.7. The minimum atomic E-state index is -0.123. The number of rotatable bonds is 4. The van der Waals surface area contributed by atoms with Crippen LogP contribution < -0.4 is 9.64 Å². The molecule has 20 heavy (non-hydrogen) atoms. The molecule has 0 spiro atoms. The third-order valence-corrected chi connectivity index (χ3v) is 3.91. The van der Waals surface area contributed by atoms with Gasteiger partial charge in [0.1, 0.15) is 5.75 Å². The summed E-state index contributed by atoms with van der Waals surface area (Å²) in [6, 6.07) is 5.00. The number of carbonyl (C=O) groups excluding carboxylic acids is 2. The largest absolute Gasteiger partial charge is 0.495 e. The van der Waals surface area contributed by atoms with Crippen LogP contribution in [-0.4, -0.2) is 18.9 Å². The Morgan fingerprint density at radius 2 is 1.70 bits per heavy atom. The molecule has 0 unspecified atom stereocenters. The Balaban J connectivity index is 2.01. The molecule has 3 rings (SSSR count). The molecule has 0 aliphatic heterocycles. The molecule has 2 amide bonds. The van der Waals surface area contributed by atoms with Crippen molar-refractivity contribution in [3.05, 3.63) is 23.2 Å². The first-order valence-corrected chi connectivity index (χ1v) is 7.21. The highest BCUT2D eigenvalue weighted by molar-refractivity contribution is 6.31. The maximum Gasteiger partial charge on any atom is 0.237 e. The fraction of sp³-hybridized carbons (Fsp3) is 0.467. The predicted molar refractivity (Wildman–Crippen MR) is 75.9 cm³/mol. The standard InChI is InChI=1S/C15H16ClNO3/c1-20-13-7-6-11(16)8-12(13)17(14(18)9-2-3-9)15(19)10-4-5-10/h6-10H,2-5H2,1H3. The smallest absolute Gasteiger partial charge is 0.237 e. The number of anilines is 1. The molecule has 0 aromatic heterocycles. The lowest BCUT2D eigenvalue weighted by Crippen LogP contribution is -2.39. The summed E-state index contributed by atoms with van der Waals surface area (Å²) >= 11 is 6.01. The maximum absolute atomic E-state index is 12.5. The summed E-state index contributed by atoms with van der Waals surface area (Å²) in [5, 5.41) is 0.484. The van der Waals surface area contributed by atoms with Gasteiger partial charge in [-0.3, -0.25) is 9.59 Å². The number of ether oxygens (including phenoxy) is 1. The highest BCUT2D eigenvalue weighted by atomic mass is 35.5.